The molecule has 0 radical (unpaired) electrons. The van der Waals surface area contributed by atoms with Crippen LogP contribution in [0.1, 0.15) is 29.7 Å². The van der Waals surface area contributed by atoms with Crippen LogP contribution in [0.15, 0.2) is 106 Å². The number of ether oxygens (including phenoxy) is 2. The number of hydrogen-bond acceptors (Lipinski definition) is 7. The van der Waals surface area contributed by atoms with E-state index < -0.39 is 12.0 Å². The first-order chi connectivity index (χ1) is 20.4. The van der Waals surface area contributed by atoms with Crippen LogP contribution in [0.2, 0.25) is 0 Å². The summed E-state index contributed by atoms with van der Waals surface area (Å²) in [5.74, 6) is 0.141. The van der Waals surface area contributed by atoms with Crippen molar-refractivity contribution in [3.05, 3.63) is 133 Å². The fourth-order valence-corrected chi connectivity index (χ4v) is 6.11. The number of fused-ring (bicyclic) bond motifs is 1. The number of allylic oxidation sites excluding steroid dienone is 1. The second-order valence-corrected chi connectivity index (χ2v) is 10.9. The van der Waals surface area contributed by atoms with E-state index in [9.17, 15) is 9.59 Å². The predicted octanol–water partition coefficient (Wildman–Crippen LogP) is 4.58. The molecule has 0 spiro atoms. The minimum atomic E-state index is -0.703. The molecule has 42 heavy (non-hydrogen) atoms. The molecular formula is C33H28N4O4S. The van der Waals surface area contributed by atoms with Crippen LogP contribution in [-0.2, 0) is 9.53 Å². The molecule has 210 valence electrons. The Morgan fingerprint density at radius 1 is 0.952 bits per heavy atom. The summed E-state index contributed by atoms with van der Waals surface area (Å²) < 4.78 is 14.3. The highest BCUT2D eigenvalue weighted by atomic mass is 32.1. The summed E-state index contributed by atoms with van der Waals surface area (Å²) in [6.07, 6.45) is 3.78. The molecule has 0 amide bonds. The Bertz CT molecular complexity index is 2000. The summed E-state index contributed by atoms with van der Waals surface area (Å²) in [6.45, 7) is 3.80. The van der Waals surface area contributed by atoms with Gasteiger partial charge in [-0.05, 0) is 49.8 Å². The van der Waals surface area contributed by atoms with Crippen molar-refractivity contribution in [2.75, 3.05) is 14.2 Å². The van der Waals surface area contributed by atoms with Gasteiger partial charge < -0.3 is 9.47 Å². The summed E-state index contributed by atoms with van der Waals surface area (Å²) in [6, 6.07) is 24.6. The Balaban J connectivity index is 1.56. The molecule has 5 aromatic rings. The van der Waals surface area contributed by atoms with Crippen molar-refractivity contribution < 1.29 is 14.3 Å². The number of carbonyl (C=O) groups is 1. The maximum atomic E-state index is 14.1. The monoisotopic (exact) mass is 576 g/mol. The van der Waals surface area contributed by atoms with Crippen molar-refractivity contribution in [1.82, 2.24) is 14.3 Å². The van der Waals surface area contributed by atoms with Gasteiger partial charge >= 0.3 is 5.97 Å². The molecule has 8 nitrogen and oxygen atoms in total. The maximum absolute atomic E-state index is 14.1. The quantitative estimate of drug-likeness (QED) is 0.276. The smallest absolute Gasteiger partial charge is 0.338 e. The van der Waals surface area contributed by atoms with Crippen molar-refractivity contribution >= 4 is 23.4 Å². The molecule has 0 fully saturated rings. The van der Waals surface area contributed by atoms with E-state index in [0.29, 0.717) is 26.4 Å². The molecule has 6 rings (SSSR count). The van der Waals surface area contributed by atoms with Crippen LogP contribution in [0.3, 0.4) is 0 Å². The number of hydrogen-bond donors (Lipinski definition) is 0. The number of thiazole rings is 1. The Morgan fingerprint density at radius 2 is 1.67 bits per heavy atom. The van der Waals surface area contributed by atoms with Gasteiger partial charge in [0.05, 0.1) is 47.4 Å². The van der Waals surface area contributed by atoms with Crippen LogP contribution >= 0.6 is 11.3 Å². The lowest BCUT2D eigenvalue weighted by molar-refractivity contribution is -0.136. The third kappa shape index (κ3) is 4.88. The van der Waals surface area contributed by atoms with E-state index in [4.69, 9.17) is 14.6 Å². The van der Waals surface area contributed by atoms with E-state index in [2.05, 4.69) is 4.99 Å². The number of methoxy groups -OCH3 is 2. The van der Waals surface area contributed by atoms with Crippen molar-refractivity contribution in [2.45, 2.75) is 19.9 Å². The van der Waals surface area contributed by atoms with Gasteiger partial charge in [-0.3, -0.25) is 9.36 Å². The third-order valence-corrected chi connectivity index (χ3v) is 8.22. The van der Waals surface area contributed by atoms with Crippen molar-refractivity contribution in [1.29, 1.82) is 0 Å². The Morgan fingerprint density at radius 3 is 2.33 bits per heavy atom. The summed E-state index contributed by atoms with van der Waals surface area (Å²) in [7, 11) is 2.92. The lowest BCUT2D eigenvalue weighted by Crippen LogP contribution is -2.39. The van der Waals surface area contributed by atoms with E-state index in [-0.39, 0.29) is 5.56 Å². The number of benzene rings is 3. The summed E-state index contributed by atoms with van der Waals surface area (Å²) >= 11 is 1.28. The molecule has 3 heterocycles. The molecule has 0 saturated carbocycles. The molecule has 0 saturated heterocycles. The van der Waals surface area contributed by atoms with Crippen LogP contribution in [0.25, 0.3) is 23.0 Å². The molecule has 2 aromatic heterocycles. The number of aromatic nitrogens is 3. The average molecular weight is 577 g/mol. The van der Waals surface area contributed by atoms with Gasteiger partial charge in [-0.1, -0.05) is 71.5 Å². The maximum Gasteiger partial charge on any atom is 0.338 e. The highest BCUT2D eigenvalue weighted by Gasteiger charge is 2.33. The van der Waals surface area contributed by atoms with Crippen LogP contribution in [0.4, 0.5) is 0 Å². The molecule has 0 N–H and O–H groups in total. The highest BCUT2D eigenvalue weighted by Crippen LogP contribution is 2.31. The topological polar surface area (TPSA) is 87.7 Å². The molecule has 9 heteroatoms. The van der Waals surface area contributed by atoms with Crippen LogP contribution in [0.5, 0.6) is 5.75 Å². The number of esters is 1. The van der Waals surface area contributed by atoms with Crippen LogP contribution in [0, 0.1) is 6.92 Å². The fourth-order valence-electron chi connectivity index (χ4n) is 5.08. The zero-order valence-electron chi connectivity index (χ0n) is 23.6. The van der Waals surface area contributed by atoms with Gasteiger partial charge in [0.25, 0.3) is 5.56 Å². The summed E-state index contributed by atoms with van der Waals surface area (Å²) in [5, 5.41) is 4.90. The molecular weight excluding hydrogens is 548 g/mol. The fraction of sp³-hybridized carbons (Fsp3) is 0.152. The van der Waals surface area contributed by atoms with Gasteiger partial charge in [0.1, 0.15) is 5.75 Å². The largest absolute Gasteiger partial charge is 0.497 e. The minimum absolute atomic E-state index is 0.254. The first kappa shape index (κ1) is 27.2. The number of rotatable bonds is 6. The Labute approximate surface area is 246 Å². The van der Waals surface area contributed by atoms with E-state index in [1.54, 1.807) is 30.7 Å². The number of para-hydroxylation sites is 1. The predicted molar refractivity (Wildman–Crippen MR) is 163 cm³/mol. The highest BCUT2D eigenvalue weighted by molar-refractivity contribution is 7.07. The Kier molecular flexibility index (Phi) is 7.18. The van der Waals surface area contributed by atoms with E-state index in [1.165, 1.54) is 18.4 Å². The first-order valence-electron chi connectivity index (χ1n) is 13.3. The first-order valence-corrected chi connectivity index (χ1v) is 14.2. The number of carbonyl (C=O) groups excluding carboxylic acids is 1. The van der Waals surface area contributed by atoms with Crippen molar-refractivity contribution in [3.63, 3.8) is 0 Å². The van der Waals surface area contributed by atoms with Crippen LogP contribution < -0.4 is 19.6 Å². The standard InChI is InChI=1S/C33H28N4O4S/c1-20-10-12-22(13-11-20)29-24(19-36(35-29)25-8-6-5-7-9-25)18-27-31(38)37-30(23-14-16-26(40-3)17-15-23)28(32(39)41-4)21(2)34-33(37)42-27/h5-19,30H,1-4H3/b27-18+. The molecule has 3 aromatic carbocycles. The van der Waals surface area contributed by atoms with E-state index in [0.717, 1.165) is 33.6 Å². The molecule has 0 bridgehead atoms. The molecule has 1 atom stereocenters. The van der Waals surface area contributed by atoms with Crippen molar-refractivity contribution in [3.8, 4) is 22.7 Å². The number of nitrogens with zero attached hydrogens (tertiary/aromatic N) is 4. The van der Waals surface area contributed by atoms with Crippen molar-refractivity contribution in [2.24, 2.45) is 4.99 Å². The van der Waals surface area contributed by atoms with Gasteiger partial charge in [0, 0.05) is 17.3 Å². The second-order valence-electron chi connectivity index (χ2n) is 9.93. The third-order valence-electron chi connectivity index (χ3n) is 7.23. The van der Waals surface area contributed by atoms with Gasteiger partial charge in [-0.2, -0.15) is 5.10 Å². The molecule has 1 unspecified atom stereocenters. The van der Waals surface area contributed by atoms with E-state index >= 15 is 0 Å². The van der Waals surface area contributed by atoms with Gasteiger partial charge in [-0.25, -0.2) is 14.5 Å². The normalized spacial score (nSPS) is 14.9. The zero-order valence-corrected chi connectivity index (χ0v) is 24.4. The van der Waals surface area contributed by atoms with Gasteiger partial charge in [-0.15, -0.1) is 0 Å². The zero-order chi connectivity index (χ0) is 29.4. The van der Waals surface area contributed by atoms with E-state index in [1.807, 2.05) is 90.6 Å². The lowest BCUT2D eigenvalue weighted by atomic mass is 9.96. The molecule has 0 aliphatic carbocycles. The summed E-state index contributed by atoms with van der Waals surface area (Å²) in [4.78, 5) is 32.3. The van der Waals surface area contributed by atoms with Gasteiger partial charge in [0.15, 0.2) is 4.80 Å². The van der Waals surface area contributed by atoms with Crippen LogP contribution in [-0.4, -0.2) is 34.5 Å². The Hall–Kier alpha value is -5.02. The molecule has 1 aliphatic rings. The second kappa shape index (κ2) is 11.1. The summed E-state index contributed by atoms with van der Waals surface area (Å²) in [5.41, 5.74) is 5.85. The number of aryl methyl sites for hydroxylation is 1. The average Bonchev–Trinajstić information content (AvgIpc) is 3.57. The minimum Gasteiger partial charge on any atom is -0.497 e. The van der Waals surface area contributed by atoms with Gasteiger partial charge in [0.2, 0.25) is 0 Å². The lowest BCUT2D eigenvalue weighted by Gasteiger charge is -2.24. The SMILES string of the molecule is COC(=O)C1=C(C)N=c2s/c(=C/c3cn(-c4ccccc4)nc3-c3ccc(C)cc3)c(=O)n2C1c1ccc(OC)cc1. The molecule has 1 aliphatic heterocycles.